The number of benzene rings is 1. The number of hydrogen-bond donors (Lipinski definition) is 3. The number of aromatic nitrogens is 6. The molecule has 1 atom stereocenters. The summed E-state index contributed by atoms with van der Waals surface area (Å²) in [7, 11) is 0. The number of pyridine rings is 1. The normalized spacial score (nSPS) is 20.6. The Kier molecular flexibility index (Phi) is 16.8. The van der Waals surface area contributed by atoms with E-state index in [2.05, 4.69) is 70.7 Å². The van der Waals surface area contributed by atoms with E-state index in [4.69, 9.17) is 31.3 Å². The lowest BCUT2D eigenvalue weighted by atomic mass is 9.90. The Morgan fingerprint density at radius 1 is 0.886 bits per heavy atom. The highest BCUT2D eigenvalue weighted by molar-refractivity contribution is 6.31. The highest BCUT2D eigenvalue weighted by Crippen LogP contribution is 2.31. The van der Waals surface area contributed by atoms with Crippen LogP contribution in [0.15, 0.2) is 60.9 Å². The number of halogens is 1. The van der Waals surface area contributed by atoms with Crippen molar-refractivity contribution < 1.29 is 19.4 Å². The predicted molar refractivity (Wildman–Crippen MR) is 272 cm³/mol. The second kappa shape index (κ2) is 23.9. The molecule has 3 N–H and O–H groups in total. The molecule has 7 heterocycles. The number of aliphatic hydroxyl groups is 1. The lowest BCUT2D eigenvalue weighted by Crippen LogP contribution is -2.42. The van der Waals surface area contributed by atoms with Crippen molar-refractivity contribution in [1.82, 2.24) is 40.0 Å². The molecule has 4 aliphatic rings. The number of likely N-dealkylation sites (tertiary alicyclic amines) is 1. The van der Waals surface area contributed by atoms with Gasteiger partial charge in [0.05, 0.1) is 29.5 Å². The molecule has 1 aromatic carbocycles. The third-order valence-corrected chi connectivity index (χ3v) is 15.3. The van der Waals surface area contributed by atoms with E-state index >= 15 is 0 Å². The molecule has 3 saturated heterocycles. The molecule has 4 aromatic heterocycles. The minimum absolute atomic E-state index is 0.0399. The molecule has 372 valence electrons. The van der Waals surface area contributed by atoms with Crippen LogP contribution in [0.2, 0.25) is 5.02 Å². The monoisotopic (exact) mass is 973 g/mol. The molecule has 1 amide bonds. The quantitative estimate of drug-likeness (QED) is 0.0673. The van der Waals surface area contributed by atoms with E-state index in [1.54, 1.807) is 24.3 Å². The Morgan fingerprint density at radius 3 is 2.44 bits per heavy atom. The van der Waals surface area contributed by atoms with Gasteiger partial charge in [0.1, 0.15) is 23.5 Å². The predicted octanol–water partition coefficient (Wildman–Crippen LogP) is 8.26. The third-order valence-electron chi connectivity index (χ3n) is 15.0. The smallest absolute Gasteiger partial charge is 0.272 e. The largest absolute Gasteiger partial charge is 0.490 e. The van der Waals surface area contributed by atoms with Gasteiger partial charge in [-0.3, -0.25) is 4.79 Å². The van der Waals surface area contributed by atoms with Gasteiger partial charge in [-0.05, 0) is 151 Å². The fourth-order valence-corrected chi connectivity index (χ4v) is 11.0. The number of rotatable bonds is 19. The Hall–Kier alpha value is -5.76. The van der Waals surface area contributed by atoms with Crippen molar-refractivity contribution in [2.75, 3.05) is 67.6 Å². The highest BCUT2D eigenvalue weighted by atomic mass is 35.5. The molecule has 0 unspecified atom stereocenters. The second-order valence-electron chi connectivity index (χ2n) is 19.7. The number of anilines is 3. The zero-order valence-corrected chi connectivity index (χ0v) is 41.4. The van der Waals surface area contributed by atoms with E-state index in [1.807, 2.05) is 29.0 Å². The van der Waals surface area contributed by atoms with Gasteiger partial charge in [-0.1, -0.05) is 24.6 Å². The van der Waals surface area contributed by atoms with Gasteiger partial charge in [0.25, 0.3) is 5.91 Å². The fraction of sp³-hybridized carbons (Fsp3) is 0.566. The summed E-state index contributed by atoms with van der Waals surface area (Å²) in [6.45, 7) is 9.91. The number of nitrogens with one attached hydrogen (secondary N) is 2. The minimum atomic E-state index is -0.192. The lowest BCUT2D eigenvalue weighted by molar-refractivity contribution is 0.0888. The Balaban J connectivity index is 0.638. The maximum Gasteiger partial charge on any atom is 0.272 e. The van der Waals surface area contributed by atoms with E-state index in [0.29, 0.717) is 53.0 Å². The molecule has 17 heteroatoms. The van der Waals surface area contributed by atoms with Gasteiger partial charge in [-0.15, -0.1) is 10.2 Å². The first kappa shape index (κ1) is 49.2. The molecule has 9 rings (SSSR count). The summed E-state index contributed by atoms with van der Waals surface area (Å²) in [6, 6.07) is 17.4. The molecule has 16 nitrogen and oxygen atoms in total. The molecule has 0 radical (unpaired) electrons. The number of carbonyl (C=O) groups is 1. The maximum absolute atomic E-state index is 13.1. The van der Waals surface area contributed by atoms with E-state index < -0.39 is 0 Å². The first-order chi connectivity index (χ1) is 34.3. The van der Waals surface area contributed by atoms with Crippen LogP contribution >= 0.6 is 11.6 Å². The number of fused-ring (bicyclic) bond motifs is 1. The standard InChI is InChI=1S/C53H69ClN12O4/c1-2-40-35-58-66-49(31-50(60-52(40)66)65-23-4-3-7-43(65)22-28-67)56-33-39-8-17-51(57-34-39)69-29-5-6-37-18-24-63(25-19-37)36-38-20-26-64(27-21-38)48-16-15-47(61-62-48)53(68)59-42-10-13-44(14-11-42)70-45-12-9-41(32-55)46(54)30-45/h8-9,12,15-17,30-31,34-35,37-38,42-44,56,67H,2-7,10-11,13-14,18-29,33,36H2,1H3,(H,59,68)/t42?,43-,44?/m0/s1. The van der Waals surface area contributed by atoms with Gasteiger partial charge in [-0.2, -0.15) is 14.9 Å². The molecule has 5 aromatic rings. The molecule has 0 spiro atoms. The molecule has 0 bridgehead atoms. The molecular formula is C53H69ClN12O4. The first-order valence-electron chi connectivity index (χ1n) is 25.9. The number of ether oxygens (including phenoxy) is 2. The topological polar surface area (TPSA) is 182 Å². The molecule has 1 aliphatic carbocycles. The number of nitriles is 1. The number of nitrogens with zero attached hydrogens (tertiary/aromatic N) is 10. The van der Waals surface area contributed by atoms with Gasteiger partial charge in [0.15, 0.2) is 17.2 Å². The van der Waals surface area contributed by atoms with Crippen LogP contribution in [0.1, 0.15) is 124 Å². The summed E-state index contributed by atoms with van der Waals surface area (Å²) in [5.41, 5.74) is 3.83. The average Bonchev–Trinajstić information content (AvgIpc) is 3.82. The van der Waals surface area contributed by atoms with Crippen LogP contribution in [0.3, 0.4) is 0 Å². The van der Waals surface area contributed by atoms with Crippen molar-refractivity contribution in [3.05, 3.63) is 88.3 Å². The maximum atomic E-state index is 13.1. The van der Waals surface area contributed by atoms with Crippen molar-refractivity contribution >= 4 is 40.6 Å². The summed E-state index contributed by atoms with van der Waals surface area (Å²) in [5, 5.41) is 39.5. The minimum Gasteiger partial charge on any atom is -0.490 e. The van der Waals surface area contributed by atoms with Crippen molar-refractivity contribution in [3.8, 4) is 17.7 Å². The summed E-state index contributed by atoms with van der Waals surface area (Å²) in [6.07, 6.45) is 19.0. The molecule has 4 fully saturated rings. The molecular weight excluding hydrogens is 904 g/mol. The van der Waals surface area contributed by atoms with Crippen LogP contribution in [0.25, 0.3) is 5.65 Å². The fourth-order valence-electron chi connectivity index (χ4n) is 10.8. The second-order valence-corrected chi connectivity index (χ2v) is 20.1. The van der Waals surface area contributed by atoms with Crippen LogP contribution in [-0.2, 0) is 13.0 Å². The highest BCUT2D eigenvalue weighted by Gasteiger charge is 2.28. The van der Waals surface area contributed by atoms with Crippen LogP contribution in [-0.4, -0.2) is 116 Å². The van der Waals surface area contributed by atoms with Crippen LogP contribution in [0, 0.1) is 23.2 Å². The Bertz CT molecular complexity index is 2510. The number of aryl methyl sites for hydroxylation is 1. The SMILES string of the molecule is CCc1cnn2c(NCc3ccc(OCCCC4CCN(CC5CCN(c6ccc(C(=O)NC7CCC(Oc8ccc(C#N)c(Cl)c8)CC7)nn6)CC5)CC4)nc3)cc(N3CCCC[C@H]3CCO)nc12. The molecule has 1 saturated carbocycles. The van der Waals surface area contributed by atoms with E-state index in [1.165, 1.54) is 25.7 Å². The van der Waals surface area contributed by atoms with Gasteiger partial charge in [-0.25, -0.2) is 9.97 Å². The van der Waals surface area contributed by atoms with E-state index in [0.717, 1.165) is 150 Å². The lowest BCUT2D eigenvalue weighted by Gasteiger charge is -2.38. The van der Waals surface area contributed by atoms with Gasteiger partial charge in [0, 0.05) is 81.4 Å². The van der Waals surface area contributed by atoms with Crippen molar-refractivity contribution in [1.29, 1.82) is 5.26 Å². The van der Waals surface area contributed by atoms with Crippen molar-refractivity contribution in [3.63, 3.8) is 0 Å². The zero-order chi connectivity index (χ0) is 48.2. The summed E-state index contributed by atoms with van der Waals surface area (Å²) < 4.78 is 14.1. The van der Waals surface area contributed by atoms with Gasteiger partial charge in [0.2, 0.25) is 5.88 Å². The third kappa shape index (κ3) is 12.6. The number of amides is 1. The summed E-state index contributed by atoms with van der Waals surface area (Å²) in [5.74, 6) is 5.22. The molecule has 3 aliphatic heterocycles. The van der Waals surface area contributed by atoms with Crippen LogP contribution < -0.4 is 29.9 Å². The number of carbonyl (C=O) groups excluding carboxylic acids is 1. The first-order valence-corrected chi connectivity index (χ1v) is 26.2. The Morgan fingerprint density at radius 2 is 1.71 bits per heavy atom. The van der Waals surface area contributed by atoms with Gasteiger partial charge < -0.3 is 39.9 Å². The Labute approximate surface area is 417 Å². The van der Waals surface area contributed by atoms with Crippen molar-refractivity contribution in [2.24, 2.45) is 11.8 Å². The molecule has 70 heavy (non-hydrogen) atoms. The number of aliphatic hydroxyl groups excluding tert-OH is 1. The van der Waals surface area contributed by atoms with E-state index in [9.17, 15) is 9.90 Å². The van der Waals surface area contributed by atoms with Crippen LogP contribution in [0.4, 0.5) is 17.5 Å². The zero-order valence-electron chi connectivity index (χ0n) is 40.7. The summed E-state index contributed by atoms with van der Waals surface area (Å²) >= 11 is 6.17. The summed E-state index contributed by atoms with van der Waals surface area (Å²) in [4.78, 5) is 30.1. The van der Waals surface area contributed by atoms with Gasteiger partial charge >= 0.3 is 0 Å². The number of piperidine rings is 3. The van der Waals surface area contributed by atoms with Crippen molar-refractivity contribution in [2.45, 2.75) is 128 Å². The van der Waals surface area contributed by atoms with E-state index in [-0.39, 0.29) is 24.7 Å². The number of hydrogen-bond acceptors (Lipinski definition) is 14. The average molecular weight is 974 g/mol. The van der Waals surface area contributed by atoms with Crippen LogP contribution in [0.5, 0.6) is 11.6 Å².